The molecule has 0 aliphatic carbocycles. The zero-order valence-corrected chi connectivity index (χ0v) is 10.3. The third kappa shape index (κ3) is 2.86. The van der Waals surface area contributed by atoms with Gasteiger partial charge in [0.25, 0.3) is 0 Å². The number of ether oxygens (including phenoxy) is 1. The van der Waals surface area contributed by atoms with Gasteiger partial charge in [0.05, 0.1) is 0 Å². The van der Waals surface area contributed by atoms with Gasteiger partial charge < -0.3 is 15.9 Å². The van der Waals surface area contributed by atoms with E-state index in [9.17, 15) is 0 Å². The number of aromatic nitrogens is 2. The number of aryl methyl sites for hydroxylation is 2. The van der Waals surface area contributed by atoms with Crippen LogP contribution in [0.1, 0.15) is 11.1 Å². The average Bonchev–Trinajstić information content (AvgIpc) is 2.26. The van der Waals surface area contributed by atoms with Crippen LogP contribution in [-0.4, -0.2) is 9.97 Å². The van der Waals surface area contributed by atoms with Crippen molar-refractivity contribution in [2.75, 3.05) is 11.2 Å². The number of nitrogen functional groups attached to an aromatic ring is 2. The lowest BCUT2D eigenvalue weighted by Gasteiger charge is -2.08. The fraction of sp³-hybridized carbons (Fsp3) is 0.167. The summed E-state index contributed by atoms with van der Waals surface area (Å²) in [6.45, 7) is 4.00. The Labute approximate surface area is 105 Å². The number of anilines is 2. The molecular formula is C12H15N5O. The first-order valence-corrected chi connectivity index (χ1v) is 5.44. The number of rotatable bonds is 3. The maximum absolute atomic E-state index is 5.64. The molecule has 0 amide bonds. The monoisotopic (exact) mass is 245 g/mol. The van der Waals surface area contributed by atoms with Crippen molar-refractivity contribution in [1.82, 2.24) is 9.97 Å². The van der Waals surface area contributed by atoms with Gasteiger partial charge in [-0.25, -0.2) is 5.84 Å². The van der Waals surface area contributed by atoms with Gasteiger partial charge in [-0.2, -0.15) is 9.97 Å². The summed E-state index contributed by atoms with van der Waals surface area (Å²) < 4.78 is 5.64. The summed E-state index contributed by atoms with van der Waals surface area (Å²) in [4.78, 5) is 7.86. The predicted molar refractivity (Wildman–Crippen MR) is 70.2 cm³/mol. The van der Waals surface area contributed by atoms with E-state index in [1.165, 1.54) is 0 Å². The van der Waals surface area contributed by atoms with Gasteiger partial charge in [0.1, 0.15) is 11.6 Å². The minimum Gasteiger partial charge on any atom is -0.439 e. The second-order valence-corrected chi connectivity index (χ2v) is 4.02. The van der Waals surface area contributed by atoms with E-state index in [0.717, 1.165) is 11.1 Å². The Hall–Kier alpha value is -2.34. The maximum Gasteiger partial charge on any atom is 0.226 e. The van der Waals surface area contributed by atoms with E-state index in [1.807, 2.05) is 26.0 Å². The fourth-order valence-electron chi connectivity index (χ4n) is 1.68. The van der Waals surface area contributed by atoms with E-state index in [2.05, 4.69) is 21.5 Å². The van der Waals surface area contributed by atoms with Crippen LogP contribution in [0.3, 0.4) is 0 Å². The van der Waals surface area contributed by atoms with Crippen LogP contribution in [0.2, 0.25) is 0 Å². The third-order valence-corrected chi connectivity index (χ3v) is 2.29. The van der Waals surface area contributed by atoms with Crippen molar-refractivity contribution in [1.29, 1.82) is 0 Å². The van der Waals surface area contributed by atoms with Crippen LogP contribution in [0.4, 0.5) is 11.8 Å². The van der Waals surface area contributed by atoms with E-state index in [4.69, 9.17) is 16.3 Å². The largest absolute Gasteiger partial charge is 0.439 e. The van der Waals surface area contributed by atoms with Crippen LogP contribution in [-0.2, 0) is 0 Å². The summed E-state index contributed by atoms with van der Waals surface area (Å²) in [6, 6.07) is 7.48. The summed E-state index contributed by atoms with van der Waals surface area (Å²) in [5.41, 5.74) is 10.2. The summed E-state index contributed by atoms with van der Waals surface area (Å²) >= 11 is 0. The molecule has 0 radical (unpaired) electrons. The van der Waals surface area contributed by atoms with Gasteiger partial charge >= 0.3 is 0 Å². The van der Waals surface area contributed by atoms with Crippen molar-refractivity contribution in [3.8, 4) is 11.6 Å². The smallest absolute Gasteiger partial charge is 0.226 e. The molecule has 0 spiro atoms. The number of benzene rings is 1. The molecule has 0 fully saturated rings. The Morgan fingerprint density at radius 3 is 2.33 bits per heavy atom. The Kier molecular flexibility index (Phi) is 3.29. The van der Waals surface area contributed by atoms with Crippen molar-refractivity contribution >= 4 is 11.8 Å². The highest BCUT2D eigenvalue weighted by Crippen LogP contribution is 2.24. The maximum atomic E-state index is 5.64. The molecule has 1 heterocycles. The molecule has 2 rings (SSSR count). The highest BCUT2D eigenvalue weighted by atomic mass is 16.5. The second kappa shape index (κ2) is 4.89. The Bertz CT molecular complexity index is 550. The highest BCUT2D eigenvalue weighted by molar-refractivity contribution is 5.43. The number of nitrogens with one attached hydrogen (secondary N) is 1. The zero-order chi connectivity index (χ0) is 13.1. The van der Waals surface area contributed by atoms with Crippen LogP contribution < -0.4 is 21.7 Å². The molecule has 0 saturated heterocycles. The van der Waals surface area contributed by atoms with E-state index in [1.54, 1.807) is 6.07 Å². The molecule has 0 aliphatic heterocycles. The number of nitrogens with zero attached hydrogens (tertiary/aromatic N) is 2. The lowest BCUT2D eigenvalue weighted by molar-refractivity contribution is 0.462. The van der Waals surface area contributed by atoms with Crippen molar-refractivity contribution in [3.05, 3.63) is 35.4 Å². The molecule has 2 aromatic rings. The van der Waals surface area contributed by atoms with E-state index >= 15 is 0 Å². The molecule has 0 atom stereocenters. The van der Waals surface area contributed by atoms with E-state index < -0.39 is 0 Å². The molecule has 94 valence electrons. The van der Waals surface area contributed by atoms with Crippen LogP contribution in [0.5, 0.6) is 11.6 Å². The van der Waals surface area contributed by atoms with E-state index in [-0.39, 0.29) is 5.95 Å². The Morgan fingerprint density at radius 2 is 1.72 bits per heavy atom. The average molecular weight is 245 g/mol. The molecule has 18 heavy (non-hydrogen) atoms. The van der Waals surface area contributed by atoms with Gasteiger partial charge in [0.2, 0.25) is 11.8 Å². The minimum atomic E-state index is 0.102. The minimum absolute atomic E-state index is 0.102. The molecule has 5 N–H and O–H groups in total. The van der Waals surface area contributed by atoms with Crippen LogP contribution in [0.15, 0.2) is 24.3 Å². The summed E-state index contributed by atoms with van der Waals surface area (Å²) in [6.07, 6.45) is 0. The first-order chi connectivity index (χ1) is 8.56. The fourth-order valence-corrected chi connectivity index (χ4v) is 1.68. The van der Waals surface area contributed by atoms with Crippen molar-refractivity contribution in [2.24, 2.45) is 5.84 Å². The highest BCUT2D eigenvalue weighted by Gasteiger charge is 2.04. The summed E-state index contributed by atoms with van der Waals surface area (Å²) in [5, 5.41) is 0. The Balaban J connectivity index is 2.30. The first-order valence-electron chi connectivity index (χ1n) is 5.44. The number of hydrazine groups is 1. The Morgan fingerprint density at radius 1 is 1.06 bits per heavy atom. The lowest BCUT2D eigenvalue weighted by atomic mass is 10.1. The molecular weight excluding hydrogens is 230 g/mol. The second-order valence-electron chi connectivity index (χ2n) is 4.02. The first kappa shape index (κ1) is 12.1. The summed E-state index contributed by atoms with van der Waals surface area (Å²) in [7, 11) is 0. The predicted octanol–water partition coefficient (Wildman–Crippen LogP) is 1.75. The normalized spacial score (nSPS) is 10.2. The molecule has 0 unspecified atom stereocenters. The molecule has 0 aliphatic rings. The number of nitrogens with two attached hydrogens (primary N) is 2. The molecule has 0 bridgehead atoms. The topological polar surface area (TPSA) is 99.1 Å². The van der Waals surface area contributed by atoms with Gasteiger partial charge in [-0.1, -0.05) is 6.07 Å². The van der Waals surface area contributed by atoms with Gasteiger partial charge in [-0.15, -0.1) is 0 Å². The number of hydrogen-bond donors (Lipinski definition) is 3. The van der Waals surface area contributed by atoms with Gasteiger partial charge in [-0.3, -0.25) is 0 Å². The van der Waals surface area contributed by atoms with Crippen LogP contribution in [0.25, 0.3) is 0 Å². The molecule has 1 aromatic carbocycles. The van der Waals surface area contributed by atoms with Crippen molar-refractivity contribution < 1.29 is 4.74 Å². The SMILES string of the molecule is Cc1cc(C)cc(Oc2cc(NN)nc(N)n2)c1. The quantitative estimate of drug-likeness (QED) is 0.563. The molecule has 1 aromatic heterocycles. The van der Waals surface area contributed by atoms with E-state index in [0.29, 0.717) is 17.4 Å². The van der Waals surface area contributed by atoms with Crippen LogP contribution >= 0.6 is 0 Å². The molecule has 6 nitrogen and oxygen atoms in total. The standard InChI is InChI=1S/C12H15N5O/c1-7-3-8(2)5-9(4-7)18-11-6-10(17-14)15-12(13)16-11/h3-6H,14H2,1-2H3,(H3,13,15,16,17). The molecule has 0 saturated carbocycles. The third-order valence-electron chi connectivity index (χ3n) is 2.29. The van der Waals surface area contributed by atoms with Crippen molar-refractivity contribution in [3.63, 3.8) is 0 Å². The zero-order valence-electron chi connectivity index (χ0n) is 10.3. The lowest BCUT2D eigenvalue weighted by Crippen LogP contribution is -2.10. The summed E-state index contributed by atoms with van der Waals surface area (Å²) in [5.74, 6) is 6.83. The molecule has 6 heteroatoms. The van der Waals surface area contributed by atoms with Gasteiger partial charge in [-0.05, 0) is 37.1 Å². The number of hydrogen-bond acceptors (Lipinski definition) is 6. The van der Waals surface area contributed by atoms with Crippen LogP contribution in [0, 0.1) is 13.8 Å². The van der Waals surface area contributed by atoms with Crippen molar-refractivity contribution in [2.45, 2.75) is 13.8 Å². The van der Waals surface area contributed by atoms with Gasteiger partial charge in [0.15, 0.2) is 0 Å². The van der Waals surface area contributed by atoms with Gasteiger partial charge in [0, 0.05) is 6.07 Å².